The van der Waals surface area contributed by atoms with Crippen LogP contribution in [0.1, 0.15) is 12.0 Å². The molecular formula is C21H21FN4O2S. The Morgan fingerprint density at radius 3 is 2.76 bits per heavy atom. The van der Waals surface area contributed by atoms with E-state index in [4.69, 9.17) is 10.5 Å². The van der Waals surface area contributed by atoms with E-state index in [1.165, 1.54) is 29.0 Å². The summed E-state index contributed by atoms with van der Waals surface area (Å²) in [4.78, 5) is 20.0. The Labute approximate surface area is 171 Å². The first-order chi connectivity index (χ1) is 14.0. The minimum atomic E-state index is -0.300. The number of hydrogen-bond acceptors (Lipinski definition) is 5. The quantitative estimate of drug-likeness (QED) is 0.695. The van der Waals surface area contributed by atoms with E-state index in [9.17, 15) is 9.18 Å². The fourth-order valence-corrected chi connectivity index (χ4v) is 5.13. The SMILES string of the molecule is NC(=O)N1CC2C[C@@H]1CN2CCc1ccc(Oc2nc3cc(F)ccc3s2)cc1. The van der Waals surface area contributed by atoms with Gasteiger partial charge in [-0.3, -0.25) is 4.90 Å². The van der Waals surface area contributed by atoms with Crippen molar-refractivity contribution in [1.29, 1.82) is 0 Å². The van der Waals surface area contributed by atoms with Crippen LogP contribution in [0.2, 0.25) is 0 Å². The number of nitrogens with two attached hydrogens (primary N) is 1. The van der Waals surface area contributed by atoms with Gasteiger partial charge in [-0.1, -0.05) is 23.5 Å². The molecule has 6 nitrogen and oxygen atoms in total. The molecule has 2 aliphatic rings. The van der Waals surface area contributed by atoms with Crippen LogP contribution in [-0.4, -0.2) is 52.5 Å². The van der Waals surface area contributed by atoms with Crippen LogP contribution in [0.25, 0.3) is 10.2 Å². The second-order valence-corrected chi connectivity index (χ2v) is 8.61. The number of urea groups is 1. The monoisotopic (exact) mass is 412 g/mol. The van der Waals surface area contributed by atoms with Crippen molar-refractivity contribution in [2.75, 3.05) is 19.6 Å². The fraction of sp³-hybridized carbons (Fsp3) is 0.333. The predicted molar refractivity (Wildman–Crippen MR) is 110 cm³/mol. The summed E-state index contributed by atoms with van der Waals surface area (Å²) >= 11 is 1.40. The molecule has 8 heteroatoms. The molecule has 2 aliphatic heterocycles. The first-order valence-corrected chi connectivity index (χ1v) is 10.5. The van der Waals surface area contributed by atoms with Crippen molar-refractivity contribution in [3.63, 3.8) is 0 Å². The molecule has 0 aliphatic carbocycles. The highest BCUT2D eigenvalue weighted by molar-refractivity contribution is 7.20. The standard InChI is InChI=1S/C21H21FN4O2S/c22-14-3-6-19-18(9-14)24-21(29-19)28-17-4-1-13(2-5-17)7-8-25-11-16-10-15(25)12-26(16)20(23)27/h1-6,9,15-16H,7-8,10-12H2,(H2,23,27)/t15?,16-/m1/s1. The molecule has 2 saturated heterocycles. The number of nitrogens with zero attached hydrogens (tertiary/aromatic N) is 3. The highest BCUT2D eigenvalue weighted by Gasteiger charge is 2.44. The van der Waals surface area contributed by atoms with Crippen LogP contribution < -0.4 is 10.5 Å². The summed E-state index contributed by atoms with van der Waals surface area (Å²) < 4.78 is 20.0. The van der Waals surface area contributed by atoms with Crippen molar-refractivity contribution in [2.24, 2.45) is 5.73 Å². The molecule has 2 bridgehead atoms. The van der Waals surface area contributed by atoms with E-state index in [-0.39, 0.29) is 17.9 Å². The Hall–Kier alpha value is -2.71. The number of amides is 2. The fourth-order valence-electron chi connectivity index (χ4n) is 4.31. The van der Waals surface area contributed by atoms with Crippen molar-refractivity contribution < 1.29 is 13.9 Å². The number of carbonyl (C=O) groups excluding carboxylic acids is 1. The number of rotatable bonds is 5. The Morgan fingerprint density at radius 2 is 2.03 bits per heavy atom. The maximum Gasteiger partial charge on any atom is 0.315 e. The Kier molecular flexibility index (Phi) is 4.60. The lowest BCUT2D eigenvalue weighted by atomic mass is 10.1. The largest absolute Gasteiger partial charge is 0.431 e. The smallest absolute Gasteiger partial charge is 0.315 e. The first-order valence-electron chi connectivity index (χ1n) is 9.68. The zero-order valence-electron chi connectivity index (χ0n) is 15.8. The number of halogens is 1. The molecule has 1 unspecified atom stereocenters. The van der Waals surface area contributed by atoms with Gasteiger partial charge in [-0.25, -0.2) is 14.2 Å². The van der Waals surface area contributed by atoms with Crippen LogP contribution in [-0.2, 0) is 6.42 Å². The van der Waals surface area contributed by atoms with E-state index in [0.717, 1.165) is 37.2 Å². The molecule has 29 heavy (non-hydrogen) atoms. The Bertz CT molecular complexity index is 1050. The average Bonchev–Trinajstić information content (AvgIpc) is 3.40. The van der Waals surface area contributed by atoms with Gasteiger partial charge in [0.2, 0.25) is 0 Å². The third-order valence-electron chi connectivity index (χ3n) is 5.78. The highest BCUT2D eigenvalue weighted by atomic mass is 32.1. The van der Waals surface area contributed by atoms with Crippen LogP contribution in [0.15, 0.2) is 42.5 Å². The number of primary amides is 1. The average molecular weight is 412 g/mol. The topological polar surface area (TPSA) is 71.7 Å². The molecule has 0 spiro atoms. The minimum Gasteiger partial charge on any atom is -0.431 e. The van der Waals surface area contributed by atoms with Gasteiger partial charge in [-0.05, 0) is 42.7 Å². The van der Waals surface area contributed by atoms with E-state index in [2.05, 4.69) is 22.0 Å². The van der Waals surface area contributed by atoms with E-state index < -0.39 is 0 Å². The van der Waals surface area contributed by atoms with Crippen LogP contribution in [0.5, 0.6) is 10.9 Å². The summed E-state index contributed by atoms with van der Waals surface area (Å²) in [5.74, 6) is 0.415. The Morgan fingerprint density at radius 1 is 1.21 bits per heavy atom. The van der Waals surface area contributed by atoms with E-state index in [1.54, 1.807) is 11.0 Å². The third kappa shape index (κ3) is 3.65. The Balaban J connectivity index is 1.17. The third-order valence-corrected chi connectivity index (χ3v) is 6.70. The number of aromatic nitrogens is 1. The summed E-state index contributed by atoms with van der Waals surface area (Å²) in [6.07, 6.45) is 1.97. The molecule has 0 radical (unpaired) electrons. The number of hydrogen-bond donors (Lipinski definition) is 1. The van der Waals surface area contributed by atoms with Gasteiger partial charge in [-0.15, -0.1) is 0 Å². The number of thiazole rings is 1. The van der Waals surface area contributed by atoms with Crippen molar-refractivity contribution in [3.8, 4) is 10.9 Å². The first kappa shape index (κ1) is 18.3. The lowest BCUT2D eigenvalue weighted by Crippen LogP contribution is -2.50. The van der Waals surface area contributed by atoms with Gasteiger partial charge in [0.1, 0.15) is 11.6 Å². The lowest BCUT2D eigenvalue weighted by molar-refractivity contribution is 0.142. The van der Waals surface area contributed by atoms with Crippen molar-refractivity contribution in [3.05, 3.63) is 53.8 Å². The second kappa shape index (κ2) is 7.27. The maximum absolute atomic E-state index is 13.3. The number of carbonyl (C=O) groups is 1. The summed E-state index contributed by atoms with van der Waals surface area (Å²) in [6.45, 7) is 2.63. The molecule has 2 N–H and O–H groups in total. The maximum atomic E-state index is 13.3. The van der Waals surface area contributed by atoms with Gasteiger partial charge in [0.05, 0.1) is 10.2 Å². The number of likely N-dealkylation sites (tertiary alicyclic amines) is 2. The van der Waals surface area contributed by atoms with E-state index in [0.29, 0.717) is 22.5 Å². The van der Waals surface area contributed by atoms with Crippen LogP contribution in [0, 0.1) is 5.82 Å². The number of piperazine rings is 1. The van der Waals surface area contributed by atoms with Gasteiger partial charge in [0.15, 0.2) is 0 Å². The van der Waals surface area contributed by atoms with Gasteiger partial charge in [0, 0.05) is 37.8 Å². The second-order valence-electron chi connectivity index (χ2n) is 7.62. The number of ether oxygens (including phenoxy) is 1. The molecule has 2 amide bonds. The van der Waals surface area contributed by atoms with E-state index >= 15 is 0 Å². The molecule has 150 valence electrons. The summed E-state index contributed by atoms with van der Waals surface area (Å²) in [5.41, 5.74) is 7.27. The zero-order valence-corrected chi connectivity index (χ0v) is 16.6. The highest BCUT2D eigenvalue weighted by Crippen LogP contribution is 2.32. The molecular weight excluding hydrogens is 391 g/mol. The summed E-state index contributed by atoms with van der Waals surface area (Å²) in [6, 6.07) is 13.0. The van der Waals surface area contributed by atoms with Crippen molar-refractivity contribution in [1.82, 2.24) is 14.8 Å². The van der Waals surface area contributed by atoms with Crippen molar-refractivity contribution >= 4 is 27.6 Å². The molecule has 5 rings (SSSR count). The van der Waals surface area contributed by atoms with Crippen LogP contribution in [0.3, 0.4) is 0 Å². The van der Waals surface area contributed by atoms with Crippen LogP contribution >= 0.6 is 11.3 Å². The minimum absolute atomic E-state index is 0.274. The lowest BCUT2D eigenvalue weighted by Gasteiger charge is -2.33. The predicted octanol–water partition coefficient (Wildman–Crippen LogP) is 3.61. The normalized spacial score (nSPS) is 21.2. The molecule has 2 fully saturated rings. The number of benzene rings is 2. The van der Waals surface area contributed by atoms with Gasteiger partial charge >= 0.3 is 6.03 Å². The van der Waals surface area contributed by atoms with Gasteiger partial charge < -0.3 is 15.4 Å². The number of fused-ring (bicyclic) bond motifs is 3. The molecule has 3 heterocycles. The van der Waals surface area contributed by atoms with Crippen LogP contribution in [0.4, 0.5) is 9.18 Å². The zero-order chi connectivity index (χ0) is 20.0. The summed E-state index contributed by atoms with van der Waals surface area (Å²) in [5, 5.41) is 0.505. The molecule has 3 aromatic rings. The molecule has 1 aromatic heterocycles. The van der Waals surface area contributed by atoms with Gasteiger partial charge in [0.25, 0.3) is 5.19 Å². The summed E-state index contributed by atoms with van der Waals surface area (Å²) in [7, 11) is 0. The van der Waals surface area contributed by atoms with Gasteiger partial charge in [-0.2, -0.15) is 0 Å². The molecule has 2 atom stereocenters. The molecule has 0 saturated carbocycles. The van der Waals surface area contributed by atoms with Crippen molar-refractivity contribution in [2.45, 2.75) is 24.9 Å². The van der Waals surface area contributed by atoms with E-state index in [1.807, 2.05) is 12.1 Å². The molecule has 2 aromatic carbocycles.